The van der Waals surface area contributed by atoms with Crippen molar-refractivity contribution in [1.29, 1.82) is 0 Å². The Morgan fingerprint density at radius 3 is 2.82 bits per heavy atom. The second-order valence-corrected chi connectivity index (χ2v) is 5.27. The van der Waals surface area contributed by atoms with Gasteiger partial charge in [-0.15, -0.1) is 0 Å². The lowest BCUT2D eigenvalue weighted by Gasteiger charge is -2.11. The van der Waals surface area contributed by atoms with E-state index >= 15 is 0 Å². The Morgan fingerprint density at radius 1 is 1.27 bits per heavy atom. The molecule has 0 saturated carbocycles. The van der Waals surface area contributed by atoms with Gasteiger partial charge in [0.1, 0.15) is 11.9 Å². The van der Waals surface area contributed by atoms with Crippen LogP contribution in [0.25, 0.3) is 0 Å². The highest BCUT2D eigenvalue weighted by Gasteiger charge is 2.17. The monoisotopic (exact) mass is 297 g/mol. The number of aliphatic hydroxyl groups is 1. The van der Waals surface area contributed by atoms with E-state index in [1.807, 2.05) is 37.3 Å². The summed E-state index contributed by atoms with van der Waals surface area (Å²) in [7, 11) is 0. The van der Waals surface area contributed by atoms with Crippen molar-refractivity contribution in [1.82, 2.24) is 24.7 Å². The summed E-state index contributed by atoms with van der Waals surface area (Å²) in [6.07, 6.45) is 4.10. The Bertz CT molecular complexity index is 705. The van der Waals surface area contributed by atoms with E-state index < -0.39 is 6.10 Å². The molecule has 0 fully saturated rings. The summed E-state index contributed by atoms with van der Waals surface area (Å²) in [5.74, 6) is 1.28. The second kappa shape index (κ2) is 6.53. The first-order chi connectivity index (χ1) is 10.7. The van der Waals surface area contributed by atoms with Gasteiger partial charge < -0.3 is 10.1 Å². The standard InChI is InChI=1S/C16H19N5O/c1-12-19-16(15(22)9-13-5-3-2-4-6-13)21(20-12)8-7-14-10-17-11-18-14/h2-6,10-11,15,22H,7-9H2,1H3,(H,17,18)/t15-/m0/s1. The SMILES string of the molecule is Cc1nc([C@@H](O)Cc2ccccc2)n(CCc2cnc[nH]2)n1. The summed E-state index contributed by atoms with van der Waals surface area (Å²) in [5.41, 5.74) is 2.12. The lowest BCUT2D eigenvalue weighted by molar-refractivity contribution is 0.161. The summed E-state index contributed by atoms with van der Waals surface area (Å²) in [5, 5.41) is 14.9. The zero-order chi connectivity index (χ0) is 15.4. The van der Waals surface area contributed by atoms with E-state index in [1.54, 1.807) is 17.2 Å². The molecule has 0 saturated heterocycles. The third-order valence-electron chi connectivity index (χ3n) is 3.52. The molecule has 1 aromatic carbocycles. The first-order valence-electron chi connectivity index (χ1n) is 7.33. The highest BCUT2D eigenvalue weighted by Crippen LogP contribution is 2.17. The molecule has 1 atom stereocenters. The molecule has 6 heteroatoms. The van der Waals surface area contributed by atoms with Crippen molar-refractivity contribution in [2.75, 3.05) is 0 Å². The molecule has 3 aromatic rings. The van der Waals surface area contributed by atoms with Gasteiger partial charge in [0.15, 0.2) is 5.82 Å². The molecule has 2 aromatic heterocycles. The molecule has 0 bridgehead atoms. The van der Waals surface area contributed by atoms with Crippen LogP contribution in [0.15, 0.2) is 42.9 Å². The van der Waals surface area contributed by atoms with Gasteiger partial charge in [0, 0.05) is 31.3 Å². The minimum atomic E-state index is -0.662. The highest BCUT2D eigenvalue weighted by molar-refractivity contribution is 5.16. The molecule has 0 aliphatic heterocycles. The molecule has 0 aliphatic rings. The normalized spacial score (nSPS) is 12.5. The maximum absolute atomic E-state index is 10.5. The first kappa shape index (κ1) is 14.5. The Balaban J connectivity index is 1.72. The molecule has 2 N–H and O–H groups in total. The molecule has 22 heavy (non-hydrogen) atoms. The van der Waals surface area contributed by atoms with E-state index in [1.165, 1.54) is 0 Å². The fraction of sp³-hybridized carbons (Fsp3) is 0.312. The lowest BCUT2D eigenvalue weighted by Crippen LogP contribution is -2.13. The van der Waals surface area contributed by atoms with Gasteiger partial charge in [0.25, 0.3) is 0 Å². The average molecular weight is 297 g/mol. The number of hydrogen-bond donors (Lipinski definition) is 2. The molecule has 0 spiro atoms. The van der Waals surface area contributed by atoms with Gasteiger partial charge >= 0.3 is 0 Å². The van der Waals surface area contributed by atoms with Crippen LogP contribution in [-0.2, 0) is 19.4 Å². The van der Waals surface area contributed by atoms with Gasteiger partial charge in [-0.05, 0) is 12.5 Å². The van der Waals surface area contributed by atoms with Crippen LogP contribution in [0.2, 0.25) is 0 Å². The molecular weight excluding hydrogens is 278 g/mol. The topological polar surface area (TPSA) is 79.6 Å². The van der Waals surface area contributed by atoms with Crippen molar-refractivity contribution in [3.8, 4) is 0 Å². The minimum absolute atomic E-state index is 0.531. The van der Waals surface area contributed by atoms with Crippen molar-refractivity contribution in [3.63, 3.8) is 0 Å². The van der Waals surface area contributed by atoms with Crippen LogP contribution in [-0.4, -0.2) is 29.8 Å². The van der Waals surface area contributed by atoms with Crippen LogP contribution in [0, 0.1) is 6.92 Å². The number of imidazole rings is 1. The largest absolute Gasteiger partial charge is 0.385 e. The molecule has 2 heterocycles. The fourth-order valence-electron chi connectivity index (χ4n) is 2.46. The van der Waals surface area contributed by atoms with E-state index in [0.29, 0.717) is 24.6 Å². The molecule has 114 valence electrons. The number of H-pyrrole nitrogens is 1. The smallest absolute Gasteiger partial charge is 0.156 e. The summed E-state index contributed by atoms with van der Waals surface area (Å²) in [6.45, 7) is 2.50. The van der Waals surface area contributed by atoms with Gasteiger partial charge in [-0.2, -0.15) is 5.10 Å². The number of nitrogens with zero attached hydrogens (tertiary/aromatic N) is 4. The van der Waals surface area contributed by atoms with Crippen LogP contribution in [0.1, 0.15) is 29.0 Å². The van der Waals surface area contributed by atoms with Gasteiger partial charge in [-0.1, -0.05) is 30.3 Å². The van der Waals surface area contributed by atoms with Crippen molar-refractivity contribution >= 4 is 0 Å². The molecule has 0 unspecified atom stereocenters. The predicted octanol–water partition coefficient (Wildman–Crippen LogP) is 1.83. The van der Waals surface area contributed by atoms with Crippen LogP contribution in [0.3, 0.4) is 0 Å². The molecule has 0 radical (unpaired) electrons. The summed E-state index contributed by atoms with van der Waals surface area (Å²) < 4.78 is 1.78. The minimum Gasteiger partial charge on any atom is -0.385 e. The Morgan fingerprint density at radius 2 is 2.09 bits per heavy atom. The number of rotatable bonds is 6. The summed E-state index contributed by atoms with van der Waals surface area (Å²) >= 11 is 0. The molecule has 6 nitrogen and oxygen atoms in total. The molecular formula is C16H19N5O. The third-order valence-corrected chi connectivity index (χ3v) is 3.52. The quantitative estimate of drug-likeness (QED) is 0.727. The van der Waals surface area contributed by atoms with Crippen LogP contribution >= 0.6 is 0 Å². The highest BCUT2D eigenvalue weighted by atomic mass is 16.3. The molecule has 3 rings (SSSR count). The second-order valence-electron chi connectivity index (χ2n) is 5.27. The maximum atomic E-state index is 10.5. The average Bonchev–Trinajstić information content (AvgIpc) is 3.15. The number of aromatic amines is 1. The van der Waals surface area contributed by atoms with E-state index in [0.717, 1.165) is 17.7 Å². The van der Waals surface area contributed by atoms with E-state index in [2.05, 4.69) is 20.1 Å². The number of aliphatic hydroxyl groups excluding tert-OH is 1. The van der Waals surface area contributed by atoms with Crippen LogP contribution < -0.4 is 0 Å². The molecule has 0 aliphatic carbocycles. The first-order valence-corrected chi connectivity index (χ1v) is 7.33. The van der Waals surface area contributed by atoms with Crippen molar-refractivity contribution in [3.05, 3.63) is 65.8 Å². The predicted molar refractivity (Wildman–Crippen MR) is 82.2 cm³/mol. The number of hydrogen-bond acceptors (Lipinski definition) is 4. The number of nitrogens with one attached hydrogen (secondary N) is 1. The van der Waals surface area contributed by atoms with Crippen molar-refractivity contribution in [2.45, 2.75) is 32.4 Å². The Kier molecular flexibility index (Phi) is 4.29. The van der Waals surface area contributed by atoms with Gasteiger partial charge in [-0.3, -0.25) is 0 Å². The maximum Gasteiger partial charge on any atom is 0.156 e. The zero-order valence-electron chi connectivity index (χ0n) is 12.5. The van der Waals surface area contributed by atoms with E-state index in [4.69, 9.17) is 0 Å². The summed E-state index contributed by atoms with van der Waals surface area (Å²) in [4.78, 5) is 11.5. The lowest BCUT2D eigenvalue weighted by atomic mass is 10.1. The van der Waals surface area contributed by atoms with Crippen LogP contribution in [0.5, 0.6) is 0 Å². The fourth-order valence-corrected chi connectivity index (χ4v) is 2.46. The number of benzene rings is 1. The molecule has 0 amide bonds. The van der Waals surface area contributed by atoms with Gasteiger partial charge in [-0.25, -0.2) is 14.6 Å². The Labute approximate surface area is 128 Å². The van der Waals surface area contributed by atoms with Crippen LogP contribution in [0.4, 0.5) is 0 Å². The number of aromatic nitrogens is 5. The third kappa shape index (κ3) is 3.40. The van der Waals surface area contributed by atoms with E-state index in [9.17, 15) is 5.11 Å². The zero-order valence-corrected chi connectivity index (χ0v) is 12.5. The van der Waals surface area contributed by atoms with Gasteiger partial charge in [0.2, 0.25) is 0 Å². The Hall–Kier alpha value is -2.47. The van der Waals surface area contributed by atoms with Crippen molar-refractivity contribution < 1.29 is 5.11 Å². The van der Waals surface area contributed by atoms with Gasteiger partial charge in [0.05, 0.1) is 6.33 Å². The van der Waals surface area contributed by atoms with Crippen molar-refractivity contribution in [2.24, 2.45) is 0 Å². The van der Waals surface area contributed by atoms with E-state index in [-0.39, 0.29) is 0 Å². The number of aryl methyl sites for hydroxylation is 3. The summed E-state index contributed by atoms with van der Waals surface area (Å²) in [6, 6.07) is 9.90.